The predicted octanol–water partition coefficient (Wildman–Crippen LogP) is 2.80. The number of imide groups is 1. The monoisotopic (exact) mass is 396 g/mol. The van der Waals surface area contributed by atoms with Gasteiger partial charge in [-0.05, 0) is 36.4 Å². The van der Waals surface area contributed by atoms with Crippen molar-refractivity contribution >= 4 is 34.4 Å². The van der Waals surface area contributed by atoms with Crippen LogP contribution < -0.4 is 15.2 Å². The molecule has 0 saturated heterocycles. The summed E-state index contributed by atoms with van der Waals surface area (Å²) in [6, 6.07) is 11.3. The summed E-state index contributed by atoms with van der Waals surface area (Å²) >= 11 is 0. The second kappa shape index (κ2) is 7.67. The molecule has 0 bridgehead atoms. The number of hydrogen-bond acceptors (Lipinski definition) is 5. The summed E-state index contributed by atoms with van der Waals surface area (Å²) in [5, 5.41) is 0.357. The summed E-state index contributed by atoms with van der Waals surface area (Å²) in [4.78, 5) is 50.9. The number of carbonyl (C=O) groups excluding carboxylic acids is 3. The lowest BCUT2D eigenvalue weighted by Gasteiger charge is -2.21. The molecule has 0 N–H and O–H groups in total. The third-order valence-electron chi connectivity index (χ3n) is 4.32. The van der Waals surface area contributed by atoms with Gasteiger partial charge in [0.1, 0.15) is 11.4 Å². The Hall–Kier alpha value is -3.81. The van der Waals surface area contributed by atoms with Crippen molar-refractivity contribution in [2.24, 2.45) is 7.05 Å². The summed E-state index contributed by atoms with van der Waals surface area (Å²) in [6.45, 7) is 2.28. The van der Waals surface area contributed by atoms with E-state index < -0.39 is 34.7 Å². The SMILES string of the molecule is CC(=O)Oc1c(C(=O)N(C(C)=O)c2ccc(F)cc2)c(=O)n(C)c2ccccc12. The van der Waals surface area contributed by atoms with Crippen molar-refractivity contribution in [3.8, 4) is 5.75 Å². The van der Waals surface area contributed by atoms with E-state index in [0.717, 1.165) is 30.9 Å². The molecule has 8 heteroatoms. The van der Waals surface area contributed by atoms with Crippen molar-refractivity contribution < 1.29 is 23.5 Å². The molecule has 0 spiro atoms. The molecule has 3 aromatic rings. The zero-order chi connectivity index (χ0) is 21.3. The van der Waals surface area contributed by atoms with E-state index in [1.165, 1.54) is 23.7 Å². The third kappa shape index (κ3) is 3.64. The summed E-state index contributed by atoms with van der Waals surface area (Å²) in [7, 11) is 1.47. The molecular weight excluding hydrogens is 379 g/mol. The number of aryl methyl sites for hydroxylation is 1. The molecule has 0 aliphatic heterocycles. The van der Waals surface area contributed by atoms with Crippen LogP contribution in [-0.4, -0.2) is 22.4 Å². The predicted molar refractivity (Wildman–Crippen MR) is 104 cm³/mol. The zero-order valence-corrected chi connectivity index (χ0v) is 15.9. The van der Waals surface area contributed by atoms with Crippen LogP contribution in [0.3, 0.4) is 0 Å². The van der Waals surface area contributed by atoms with E-state index in [1.807, 2.05) is 0 Å². The van der Waals surface area contributed by atoms with Gasteiger partial charge in [-0.1, -0.05) is 12.1 Å². The standard InChI is InChI=1S/C21H17FN2O5/c1-12(25)24(15-10-8-14(22)9-11-15)21(28)18-19(29-13(2)26)16-6-4-5-7-17(16)23(3)20(18)27/h4-11H,1-3H3. The van der Waals surface area contributed by atoms with Gasteiger partial charge in [0.05, 0.1) is 11.2 Å². The smallest absolute Gasteiger partial charge is 0.308 e. The third-order valence-corrected chi connectivity index (χ3v) is 4.32. The maximum atomic E-state index is 13.3. The summed E-state index contributed by atoms with van der Waals surface area (Å²) < 4.78 is 19.7. The number of hydrogen-bond donors (Lipinski definition) is 0. The summed E-state index contributed by atoms with van der Waals surface area (Å²) in [5.41, 5.74) is -0.686. The Morgan fingerprint density at radius 1 is 1.00 bits per heavy atom. The van der Waals surface area contributed by atoms with Crippen molar-refractivity contribution in [2.75, 3.05) is 4.90 Å². The number of fused-ring (bicyclic) bond motifs is 1. The fourth-order valence-corrected chi connectivity index (χ4v) is 3.05. The molecule has 2 aromatic carbocycles. The molecule has 0 fully saturated rings. The molecule has 0 atom stereocenters. The maximum absolute atomic E-state index is 13.3. The molecule has 29 heavy (non-hydrogen) atoms. The Morgan fingerprint density at radius 2 is 1.62 bits per heavy atom. The van der Waals surface area contributed by atoms with Gasteiger partial charge in [0.2, 0.25) is 5.91 Å². The highest BCUT2D eigenvalue weighted by Gasteiger charge is 2.30. The number of carbonyl (C=O) groups is 3. The van der Waals surface area contributed by atoms with Crippen molar-refractivity contribution in [2.45, 2.75) is 13.8 Å². The first kappa shape index (κ1) is 19.9. The van der Waals surface area contributed by atoms with Crippen molar-refractivity contribution in [3.05, 3.63) is 70.3 Å². The molecule has 1 heterocycles. The topological polar surface area (TPSA) is 85.7 Å². The Balaban J connectivity index is 2.31. The van der Waals surface area contributed by atoms with Crippen LogP contribution in [0, 0.1) is 5.82 Å². The first-order valence-electron chi connectivity index (χ1n) is 8.63. The molecule has 0 aliphatic carbocycles. The summed E-state index contributed by atoms with van der Waals surface area (Å²) in [6.07, 6.45) is 0. The number of aromatic nitrogens is 1. The number of anilines is 1. The largest absolute Gasteiger partial charge is 0.425 e. The molecule has 2 amide bonds. The second-order valence-electron chi connectivity index (χ2n) is 6.32. The minimum Gasteiger partial charge on any atom is -0.425 e. The maximum Gasteiger partial charge on any atom is 0.308 e. The van der Waals surface area contributed by atoms with Gasteiger partial charge in [-0.2, -0.15) is 0 Å². The van der Waals surface area contributed by atoms with E-state index >= 15 is 0 Å². The fourth-order valence-electron chi connectivity index (χ4n) is 3.05. The number of pyridine rings is 1. The fraction of sp³-hybridized carbons (Fsp3) is 0.143. The van der Waals surface area contributed by atoms with Gasteiger partial charge in [0, 0.05) is 26.3 Å². The van der Waals surface area contributed by atoms with Crippen molar-refractivity contribution in [1.29, 1.82) is 0 Å². The van der Waals surface area contributed by atoms with Gasteiger partial charge >= 0.3 is 5.97 Å². The van der Waals surface area contributed by atoms with Gasteiger partial charge in [0.15, 0.2) is 5.75 Å². The second-order valence-corrected chi connectivity index (χ2v) is 6.32. The molecule has 1 aromatic heterocycles. The van der Waals surface area contributed by atoms with E-state index in [4.69, 9.17) is 4.74 Å². The molecule has 0 radical (unpaired) electrons. The number of ether oxygens (including phenoxy) is 1. The number of esters is 1. The highest BCUT2D eigenvalue weighted by atomic mass is 19.1. The molecule has 0 saturated carbocycles. The van der Waals surface area contributed by atoms with Gasteiger partial charge in [0.25, 0.3) is 11.5 Å². The van der Waals surface area contributed by atoms with Crippen LogP contribution in [0.15, 0.2) is 53.3 Å². The molecular formula is C21H17FN2O5. The Bertz CT molecular complexity index is 1200. The van der Waals surface area contributed by atoms with E-state index in [-0.39, 0.29) is 11.4 Å². The highest BCUT2D eigenvalue weighted by molar-refractivity contribution is 6.22. The van der Waals surface area contributed by atoms with Crippen LogP contribution in [-0.2, 0) is 16.6 Å². The van der Waals surface area contributed by atoms with E-state index in [9.17, 15) is 23.6 Å². The Kier molecular flexibility index (Phi) is 5.27. The molecule has 148 valence electrons. The number of nitrogens with zero attached hydrogens (tertiary/aromatic N) is 2. The molecule has 7 nitrogen and oxygen atoms in total. The van der Waals surface area contributed by atoms with E-state index in [2.05, 4.69) is 0 Å². The number of amides is 2. The van der Waals surface area contributed by atoms with Gasteiger partial charge in [-0.25, -0.2) is 9.29 Å². The normalized spacial score (nSPS) is 10.6. The minimum absolute atomic E-state index is 0.0767. The van der Waals surface area contributed by atoms with Crippen LogP contribution in [0.25, 0.3) is 10.9 Å². The Labute approximate surface area is 164 Å². The van der Waals surface area contributed by atoms with Gasteiger partial charge in [-0.15, -0.1) is 0 Å². The molecule has 3 rings (SSSR count). The van der Waals surface area contributed by atoms with Crippen LogP contribution in [0.5, 0.6) is 5.75 Å². The average Bonchev–Trinajstić information content (AvgIpc) is 2.67. The quantitative estimate of drug-likeness (QED) is 0.636. The van der Waals surface area contributed by atoms with Gasteiger partial charge < -0.3 is 9.30 Å². The molecule has 0 unspecified atom stereocenters. The number of rotatable bonds is 3. The number of halogens is 1. The van der Waals surface area contributed by atoms with Crippen molar-refractivity contribution in [3.63, 3.8) is 0 Å². The number of benzene rings is 2. The lowest BCUT2D eigenvalue weighted by molar-refractivity contribution is -0.131. The zero-order valence-electron chi connectivity index (χ0n) is 15.9. The Morgan fingerprint density at radius 3 is 2.21 bits per heavy atom. The van der Waals surface area contributed by atoms with Crippen LogP contribution in [0.4, 0.5) is 10.1 Å². The minimum atomic E-state index is -0.980. The van der Waals surface area contributed by atoms with Crippen LogP contribution in [0.1, 0.15) is 24.2 Å². The summed E-state index contributed by atoms with van der Waals surface area (Å²) in [5.74, 6) is -3.17. The highest BCUT2D eigenvalue weighted by Crippen LogP contribution is 2.29. The van der Waals surface area contributed by atoms with Crippen molar-refractivity contribution in [1.82, 2.24) is 4.57 Å². The first-order chi connectivity index (χ1) is 13.7. The van der Waals surface area contributed by atoms with Crippen LogP contribution >= 0.6 is 0 Å². The molecule has 0 aliphatic rings. The lowest BCUT2D eigenvalue weighted by atomic mass is 10.1. The van der Waals surface area contributed by atoms with Crippen LogP contribution in [0.2, 0.25) is 0 Å². The number of para-hydroxylation sites is 1. The average molecular weight is 396 g/mol. The van der Waals surface area contributed by atoms with Gasteiger partial charge in [-0.3, -0.25) is 19.2 Å². The van der Waals surface area contributed by atoms with E-state index in [1.54, 1.807) is 24.3 Å². The lowest BCUT2D eigenvalue weighted by Crippen LogP contribution is -2.40. The first-order valence-corrected chi connectivity index (χ1v) is 8.63. The van der Waals surface area contributed by atoms with E-state index in [0.29, 0.717) is 10.9 Å².